The van der Waals surface area contributed by atoms with Crippen LogP contribution in [0.2, 0.25) is 0 Å². The second-order valence-electron chi connectivity index (χ2n) is 2.87. The molecule has 0 amide bonds. The molecule has 0 aromatic carbocycles. The van der Waals surface area contributed by atoms with E-state index in [0.29, 0.717) is 6.23 Å². The summed E-state index contributed by atoms with van der Waals surface area (Å²) in [6.07, 6.45) is 4.18. The topological polar surface area (TPSA) is 12.5 Å². The maximum absolute atomic E-state index is 5.30. The van der Waals surface area contributed by atoms with E-state index in [1.807, 2.05) is 0 Å². The number of hydrogen-bond acceptors (Lipinski definition) is 2. The van der Waals surface area contributed by atoms with Crippen molar-refractivity contribution < 1.29 is 4.74 Å². The van der Waals surface area contributed by atoms with Crippen LogP contribution in [0.25, 0.3) is 0 Å². The Hall–Kier alpha value is -0.0800. The Morgan fingerprint density at radius 2 is 2.40 bits per heavy atom. The molecule has 10 heavy (non-hydrogen) atoms. The molecule has 1 aliphatic heterocycles. The number of hydrogen-bond donors (Lipinski definition) is 0. The molecule has 1 aliphatic rings. The van der Waals surface area contributed by atoms with Crippen molar-refractivity contribution in [1.82, 2.24) is 4.90 Å². The molecular weight excluding hydrogens is 126 g/mol. The molecule has 0 aromatic rings. The predicted molar refractivity (Wildman–Crippen MR) is 41.9 cm³/mol. The summed E-state index contributed by atoms with van der Waals surface area (Å²) in [4.78, 5) is 2.42. The van der Waals surface area contributed by atoms with Gasteiger partial charge >= 0.3 is 0 Å². The van der Waals surface area contributed by atoms with Crippen LogP contribution in [0.3, 0.4) is 0 Å². The minimum atomic E-state index is 0.417. The number of methoxy groups -OCH3 is 1. The van der Waals surface area contributed by atoms with Crippen molar-refractivity contribution in [2.24, 2.45) is 0 Å². The van der Waals surface area contributed by atoms with Crippen molar-refractivity contribution >= 4 is 0 Å². The Bertz CT molecular complexity index is 95.3. The van der Waals surface area contributed by atoms with Crippen molar-refractivity contribution in [1.29, 1.82) is 0 Å². The zero-order valence-electron chi connectivity index (χ0n) is 6.97. The first-order valence-corrected chi connectivity index (χ1v) is 4.15. The monoisotopic (exact) mass is 143 g/mol. The zero-order chi connectivity index (χ0) is 7.40. The van der Waals surface area contributed by atoms with Gasteiger partial charge in [-0.2, -0.15) is 0 Å². The van der Waals surface area contributed by atoms with E-state index in [0.717, 1.165) is 0 Å². The molecule has 1 heterocycles. The predicted octanol–water partition coefficient (Wildman–Crippen LogP) is 1.46. The van der Waals surface area contributed by atoms with Gasteiger partial charge in [0.25, 0.3) is 0 Å². The normalized spacial score (nSPS) is 27.6. The molecular formula is C8H17NO. The largest absolute Gasteiger partial charge is 0.366 e. The third kappa shape index (κ3) is 1.70. The molecule has 0 saturated carbocycles. The molecule has 0 aromatic heterocycles. The van der Waals surface area contributed by atoms with Crippen LogP contribution in [-0.4, -0.2) is 31.3 Å². The lowest BCUT2D eigenvalue weighted by molar-refractivity contribution is -0.00347. The summed E-state index contributed by atoms with van der Waals surface area (Å²) in [6.45, 7) is 4.63. The molecule has 1 rings (SSSR count). The molecule has 1 saturated heterocycles. The van der Waals surface area contributed by atoms with Gasteiger partial charge in [-0.05, 0) is 19.3 Å². The van der Waals surface area contributed by atoms with Gasteiger partial charge in [0.15, 0.2) is 0 Å². The second kappa shape index (κ2) is 3.94. The number of likely N-dealkylation sites (tertiary alicyclic amines) is 1. The summed E-state index contributed by atoms with van der Waals surface area (Å²) in [5, 5.41) is 0. The fourth-order valence-corrected chi connectivity index (χ4v) is 1.61. The van der Waals surface area contributed by atoms with E-state index in [4.69, 9.17) is 4.74 Å². The van der Waals surface area contributed by atoms with E-state index in [9.17, 15) is 0 Å². The average Bonchev–Trinajstić information content (AvgIpc) is 2.36. The Labute approximate surface area is 63.2 Å². The Morgan fingerprint density at radius 1 is 1.60 bits per heavy atom. The molecule has 0 radical (unpaired) electrons. The van der Waals surface area contributed by atoms with Gasteiger partial charge in [-0.1, -0.05) is 6.92 Å². The molecule has 2 heteroatoms. The fourth-order valence-electron chi connectivity index (χ4n) is 1.61. The highest BCUT2D eigenvalue weighted by atomic mass is 16.5. The van der Waals surface area contributed by atoms with Crippen molar-refractivity contribution in [2.75, 3.05) is 20.2 Å². The zero-order valence-corrected chi connectivity index (χ0v) is 6.97. The van der Waals surface area contributed by atoms with E-state index in [-0.39, 0.29) is 0 Å². The van der Waals surface area contributed by atoms with Crippen LogP contribution < -0.4 is 0 Å². The van der Waals surface area contributed by atoms with Crippen LogP contribution in [0.1, 0.15) is 26.2 Å². The quantitative estimate of drug-likeness (QED) is 0.593. The van der Waals surface area contributed by atoms with Gasteiger partial charge in [-0.15, -0.1) is 0 Å². The van der Waals surface area contributed by atoms with Crippen LogP contribution in [0.15, 0.2) is 0 Å². The molecule has 2 nitrogen and oxygen atoms in total. The van der Waals surface area contributed by atoms with E-state index in [2.05, 4.69) is 11.8 Å². The fraction of sp³-hybridized carbons (Fsp3) is 1.00. The van der Waals surface area contributed by atoms with Gasteiger partial charge in [0.2, 0.25) is 0 Å². The third-order valence-electron chi connectivity index (χ3n) is 2.09. The summed E-state index contributed by atoms with van der Waals surface area (Å²) >= 11 is 0. The van der Waals surface area contributed by atoms with Crippen LogP contribution in [-0.2, 0) is 4.74 Å². The standard InChI is InChI=1S/C8H17NO/c1-3-6-9-7-4-5-8(9)10-2/h8H,3-7H2,1-2H3. The SMILES string of the molecule is CCCN1CCCC1OC. The molecule has 1 atom stereocenters. The smallest absolute Gasteiger partial charge is 0.110 e. The molecule has 0 spiro atoms. The van der Waals surface area contributed by atoms with E-state index >= 15 is 0 Å². The lowest BCUT2D eigenvalue weighted by atomic mass is 10.4. The molecule has 60 valence electrons. The first kappa shape index (κ1) is 8.02. The van der Waals surface area contributed by atoms with E-state index < -0.39 is 0 Å². The Morgan fingerprint density at radius 3 is 3.00 bits per heavy atom. The van der Waals surface area contributed by atoms with Gasteiger partial charge in [-0.3, -0.25) is 4.90 Å². The maximum Gasteiger partial charge on any atom is 0.110 e. The van der Waals surface area contributed by atoms with Crippen molar-refractivity contribution in [2.45, 2.75) is 32.4 Å². The summed E-state index contributed by atoms with van der Waals surface area (Å²) < 4.78 is 5.30. The second-order valence-corrected chi connectivity index (χ2v) is 2.87. The van der Waals surface area contributed by atoms with Gasteiger partial charge in [0.1, 0.15) is 6.23 Å². The lowest BCUT2D eigenvalue weighted by Gasteiger charge is -2.21. The summed E-state index contributed by atoms with van der Waals surface area (Å²) in [6, 6.07) is 0. The first-order chi connectivity index (χ1) is 4.88. The van der Waals surface area contributed by atoms with Crippen molar-refractivity contribution in [3.63, 3.8) is 0 Å². The molecule has 1 unspecified atom stereocenters. The Balaban J connectivity index is 2.27. The summed E-state index contributed by atoms with van der Waals surface area (Å²) in [5.41, 5.74) is 0. The van der Waals surface area contributed by atoms with Crippen molar-refractivity contribution in [3.8, 4) is 0 Å². The highest BCUT2D eigenvalue weighted by molar-refractivity contribution is 4.70. The third-order valence-corrected chi connectivity index (χ3v) is 2.09. The minimum Gasteiger partial charge on any atom is -0.366 e. The van der Waals surface area contributed by atoms with Gasteiger partial charge in [0.05, 0.1) is 0 Å². The van der Waals surface area contributed by atoms with Gasteiger partial charge in [0, 0.05) is 20.2 Å². The Kier molecular flexibility index (Phi) is 3.16. The average molecular weight is 143 g/mol. The minimum absolute atomic E-state index is 0.417. The van der Waals surface area contributed by atoms with Crippen LogP contribution in [0.5, 0.6) is 0 Å². The molecule has 1 fully saturated rings. The number of ether oxygens (including phenoxy) is 1. The summed E-state index contributed by atoms with van der Waals surface area (Å²) in [5.74, 6) is 0. The van der Waals surface area contributed by atoms with Gasteiger partial charge in [-0.25, -0.2) is 0 Å². The van der Waals surface area contributed by atoms with Crippen LogP contribution in [0, 0.1) is 0 Å². The van der Waals surface area contributed by atoms with Crippen LogP contribution >= 0.6 is 0 Å². The van der Waals surface area contributed by atoms with E-state index in [1.54, 1.807) is 7.11 Å². The molecule has 0 N–H and O–H groups in total. The van der Waals surface area contributed by atoms with E-state index in [1.165, 1.54) is 32.4 Å². The maximum atomic E-state index is 5.30. The molecule has 0 aliphatic carbocycles. The lowest BCUT2D eigenvalue weighted by Crippen LogP contribution is -2.31. The van der Waals surface area contributed by atoms with Crippen molar-refractivity contribution in [3.05, 3.63) is 0 Å². The highest BCUT2D eigenvalue weighted by Crippen LogP contribution is 2.16. The summed E-state index contributed by atoms with van der Waals surface area (Å²) in [7, 11) is 1.80. The number of rotatable bonds is 3. The van der Waals surface area contributed by atoms with Crippen LogP contribution in [0.4, 0.5) is 0 Å². The first-order valence-electron chi connectivity index (χ1n) is 4.15. The molecule has 0 bridgehead atoms. The van der Waals surface area contributed by atoms with Gasteiger partial charge < -0.3 is 4.74 Å². The number of nitrogens with zero attached hydrogens (tertiary/aromatic N) is 1. The highest BCUT2D eigenvalue weighted by Gasteiger charge is 2.22.